The summed E-state index contributed by atoms with van der Waals surface area (Å²) in [5.41, 5.74) is 4.59. The maximum absolute atomic E-state index is 2.46. The molecule has 0 radical (unpaired) electrons. The minimum atomic E-state index is 1.21. The van der Waals surface area contributed by atoms with Crippen LogP contribution in [0.5, 0.6) is 0 Å². The van der Waals surface area contributed by atoms with Crippen LogP contribution in [0.3, 0.4) is 0 Å². The van der Waals surface area contributed by atoms with Crippen molar-refractivity contribution in [3.05, 3.63) is 35.5 Å². The summed E-state index contributed by atoms with van der Waals surface area (Å²) in [5, 5.41) is 1.49. The van der Waals surface area contributed by atoms with Gasteiger partial charge in [-0.05, 0) is 30.4 Å². The summed E-state index contributed by atoms with van der Waals surface area (Å²) < 4.78 is 2.46. The molecule has 1 aliphatic rings. The van der Waals surface area contributed by atoms with Gasteiger partial charge in [-0.2, -0.15) is 0 Å². The number of rotatable bonds is 2. The fourth-order valence-corrected chi connectivity index (χ4v) is 2.80. The van der Waals surface area contributed by atoms with Crippen LogP contribution < -0.4 is 0 Å². The molecule has 3 rings (SSSR count). The molecule has 0 aliphatic carbocycles. The average molecular weight is 199 g/mol. The van der Waals surface area contributed by atoms with Crippen LogP contribution in [0.1, 0.15) is 30.9 Å². The van der Waals surface area contributed by atoms with E-state index in [4.69, 9.17) is 0 Å². The first kappa shape index (κ1) is 9.02. The fourth-order valence-electron chi connectivity index (χ4n) is 2.80. The fraction of sp³-hybridized carbons (Fsp3) is 0.429. The van der Waals surface area contributed by atoms with Gasteiger partial charge in [0, 0.05) is 18.1 Å². The van der Waals surface area contributed by atoms with E-state index >= 15 is 0 Å². The molecule has 2 aromatic rings. The molecule has 1 heteroatoms. The van der Waals surface area contributed by atoms with Crippen LogP contribution in [-0.2, 0) is 19.4 Å². The molecule has 0 spiro atoms. The molecule has 0 saturated heterocycles. The maximum atomic E-state index is 2.46. The van der Waals surface area contributed by atoms with Crippen molar-refractivity contribution in [3.63, 3.8) is 0 Å². The molecule has 1 aromatic heterocycles. The Labute approximate surface area is 90.7 Å². The van der Waals surface area contributed by atoms with Gasteiger partial charge in [0.2, 0.25) is 0 Å². The van der Waals surface area contributed by atoms with E-state index in [9.17, 15) is 0 Å². The highest BCUT2D eigenvalue weighted by atomic mass is 15.0. The smallest absolute Gasteiger partial charge is 0.0515 e. The molecule has 15 heavy (non-hydrogen) atoms. The summed E-state index contributed by atoms with van der Waals surface area (Å²) >= 11 is 0. The Morgan fingerprint density at radius 3 is 3.13 bits per heavy atom. The van der Waals surface area contributed by atoms with Crippen molar-refractivity contribution in [3.8, 4) is 0 Å². The summed E-state index contributed by atoms with van der Waals surface area (Å²) in [6.07, 6.45) is 7.38. The number of aromatic nitrogens is 1. The van der Waals surface area contributed by atoms with Crippen LogP contribution in [0.2, 0.25) is 0 Å². The zero-order valence-corrected chi connectivity index (χ0v) is 9.29. The SMILES string of the molecule is CCCc1cn2c3c(cccc13)CCC2. The van der Waals surface area contributed by atoms with Crippen molar-refractivity contribution in [2.24, 2.45) is 0 Å². The van der Waals surface area contributed by atoms with E-state index in [1.54, 1.807) is 5.56 Å². The van der Waals surface area contributed by atoms with E-state index < -0.39 is 0 Å². The van der Waals surface area contributed by atoms with E-state index in [0.717, 1.165) is 0 Å². The highest BCUT2D eigenvalue weighted by molar-refractivity contribution is 5.87. The Kier molecular flexibility index (Phi) is 2.05. The lowest BCUT2D eigenvalue weighted by molar-refractivity contribution is 0.634. The van der Waals surface area contributed by atoms with Gasteiger partial charge in [0.15, 0.2) is 0 Å². The minimum absolute atomic E-state index is 1.21. The molecule has 0 N–H and O–H groups in total. The molecule has 0 atom stereocenters. The first-order chi connectivity index (χ1) is 7.40. The summed E-state index contributed by atoms with van der Waals surface area (Å²) in [6.45, 7) is 3.46. The second-order valence-corrected chi connectivity index (χ2v) is 4.51. The van der Waals surface area contributed by atoms with Gasteiger partial charge in [-0.25, -0.2) is 0 Å². The van der Waals surface area contributed by atoms with Gasteiger partial charge in [-0.1, -0.05) is 31.5 Å². The van der Waals surface area contributed by atoms with Gasteiger partial charge >= 0.3 is 0 Å². The Bertz CT molecular complexity index is 493. The van der Waals surface area contributed by atoms with E-state index in [2.05, 4.69) is 35.9 Å². The molecule has 0 amide bonds. The normalized spacial score (nSPS) is 14.7. The molecular formula is C14H17N. The predicted octanol–water partition coefficient (Wildman–Crippen LogP) is 3.54. The van der Waals surface area contributed by atoms with Crippen molar-refractivity contribution in [1.82, 2.24) is 4.57 Å². The lowest BCUT2D eigenvalue weighted by Crippen LogP contribution is -2.05. The van der Waals surface area contributed by atoms with Crippen molar-refractivity contribution < 1.29 is 0 Å². The Morgan fingerprint density at radius 2 is 2.27 bits per heavy atom. The monoisotopic (exact) mass is 199 g/mol. The van der Waals surface area contributed by atoms with Crippen LogP contribution in [-0.4, -0.2) is 4.57 Å². The van der Waals surface area contributed by atoms with Gasteiger partial charge in [-0.3, -0.25) is 0 Å². The molecule has 0 unspecified atom stereocenters. The quantitative estimate of drug-likeness (QED) is 0.697. The van der Waals surface area contributed by atoms with Crippen LogP contribution in [0.25, 0.3) is 10.9 Å². The number of hydrogen-bond acceptors (Lipinski definition) is 0. The molecule has 1 aromatic carbocycles. The summed E-state index contributed by atoms with van der Waals surface area (Å²) in [5.74, 6) is 0. The number of para-hydroxylation sites is 1. The third kappa shape index (κ3) is 1.30. The highest BCUT2D eigenvalue weighted by Gasteiger charge is 2.14. The second kappa shape index (κ2) is 3.41. The zero-order chi connectivity index (χ0) is 10.3. The van der Waals surface area contributed by atoms with Crippen molar-refractivity contribution in [2.75, 3.05) is 0 Å². The molecule has 0 saturated carbocycles. The lowest BCUT2D eigenvalue weighted by atomic mass is 10.0. The number of nitrogens with zero attached hydrogens (tertiary/aromatic N) is 1. The van der Waals surface area contributed by atoms with Crippen LogP contribution in [0.15, 0.2) is 24.4 Å². The third-order valence-corrected chi connectivity index (χ3v) is 3.43. The summed E-state index contributed by atoms with van der Waals surface area (Å²) in [7, 11) is 0. The number of hydrogen-bond donors (Lipinski definition) is 0. The molecule has 2 heterocycles. The average Bonchev–Trinajstić information content (AvgIpc) is 2.61. The minimum Gasteiger partial charge on any atom is -0.347 e. The van der Waals surface area contributed by atoms with Crippen LogP contribution in [0.4, 0.5) is 0 Å². The molecular weight excluding hydrogens is 182 g/mol. The van der Waals surface area contributed by atoms with Gasteiger partial charge in [0.05, 0.1) is 5.52 Å². The molecule has 1 aliphatic heterocycles. The van der Waals surface area contributed by atoms with Gasteiger partial charge < -0.3 is 4.57 Å². The zero-order valence-electron chi connectivity index (χ0n) is 9.29. The Hall–Kier alpha value is -1.24. The Balaban J connectivity index is 2.29. The van der Waals surface area contributed by atoms with E-state index in [1.807, 2.05) is 0 Å². The standard InChI is InChI=1S/C14H17N/c1-2-5-12-10-15-9-4-7-11-6-3-8-13(12)14(11)15/h3,6,8,10H,2,4-5,7,9H2,1H3. The number of benzene rings is 1. The Morgan fingerprint density at radius 1 is 1.33 bits per heavy atom. The maximum Gasteiger partial charge on any atom is 0.0515 e. The second-order valence-electron chi connectivity index (χ2n) is 4.51. The van der Waals surface area contributed by atoms with Crippen LogP contribution >= 0.6 is 0 Å². The number of aryl methyl sites for hydroxylation is 3. The van der Waals surface area contributed by atoms with Crippen molar-refractivity contribution in [2.45, 2.75) is 39.2 Å². The van der Waals surface area contributed by atoms with Gasteiger partial charge in [-0.15, -0.1) is 0 Å². The van der Waals surface area contributed by atoms with Gasteiger partial charge in [0.1, 0.15) is 0 Å². The predicted molar refractivity (Wildman–Crippen MR) is 64.3 cm³/mol. The highest BCUT2D eigenvalue weighted by Crippen LogP contribution is 2.29. The molecule has 1 nitrogen and oxygen atoms in total. The van der Waals surface area contributed by atoms with Gasteiger partial charge in [0.25, 0.3) is 0 Å². The molecule has 0 fully saturated rings. The molecule has 78 valence electrons. The van der Waals surface area contributed by atoms with E-state index in [-0.39, 0.29) is 0 Å². The summed E-state index contributed by atoms with van der Waals surface area (Å²) in [4.78, 5) is 0. The molecule has 0 bridgehead atoms. The van der Waals surface area contributed by atoms with Crippen LogP contribution in [0, 0.1) is 0 Å². The lowest BCUT2D eigenvalue weighted by Gasteiger charge is -2.14. The largest absolute Gasteiger partial charge is 0.347 e. The first-order valence-corrected chi connectivity index (χ1v) is 5.99. The van der Waals surface area contributed by atoms with E-state index in [1.165, 1.54) is 48.7 Å². The first-order valence-electron chi connectivity index (χ1n) is 5.99. The van der Waals surface area contributed by atoms with E-state index in [0.29, 0.717) is 0 Å². The topological polar surface area (TPSA) is 4.93 Å². The third-order valence-electron chi connectivity index (χ3n) is 3.43. The van der Waals surface area contributed by atoms with Crippen molar-refractivity contribution in [1.29, 1.82) is 0 Å². The van der Waals surface area contributed by atoms with Crippen molar-refractivity contribution >= 4 is 10.9 Å². The summed E-state index contributed by atoms with van der Waals surface area (Å²) in [6, 6.07) is 6.78.